The monoisotopic (exact) mass is 691 g/mol. The summed E-state index contributed by atoms with van der Waals surface area (Å²) in [5.74, 6) is -0.327. The molecule has 4 aromatic rings. The maximum atomic E-state index is 14.6. The van der Waals surface area contributed by atoms with Gasteiger partial charge in [-0.25, -0.2) is 8.42 Å². The summed E-state index contributed by atoms with van der Waals surface area (Å²) in [6.07, 6.45) is 0.902. The van der Waals surface area contributed by atoms with Crippen LogP contribution in [0, 0.1) is 6.92 Å². The summed E-state index contributed by atoms with van der Waals surface area (Å²) in [6.45, 7) is 5.18. The Morgan fingerprint density at radius 1 is 0.854 bits per heavy atom. The number of carbonyl (C=O) groups is 2. The molecule has 0 saturated carbocycles. The number of amides is 2. The van der Waals surface area contributed by atoms with Gasteiger partial charge in [0.15, 0.2) is 11.5 Å². The third kappa shape index (κ3) is 9.08. The molecule has 0 aliphatic carbocycles. The Balaban J connectivity index is 1.83. The number of ether oxygens (including phenoxy) is 2. The van der Waals surface area contributed by atoms with Crippen molar-refractivity contribution in [3.8, 4) is 11.5 Å². The van der Waals surface area contributed by atoms with Crippen molar-refractivity contribution in [1.29, 1.82) is 0 Å². The van der Waals surface area contributed by atoms with Gasteiger partial charge in [0, 0.05) is 30.1 Å². The molecule has 0 saturated heterocycles. The van der Waals surface area contributed by atoms with E-state index in [2.05, 4.69) is 5.32 Å². The average molecular weight is 692 g/mol. The van der Waals surface area contributed by atoms with E-state index in [1.807, 2.05) is 57.2 Å². The van der Waals surface area contributed by atoms with Gasteiger partial charge in [0.05, 0.1) is 24.8 Å². The van der Waals surface area contributed by atoms with E-state index in [1.165, 1.54) is 37.3 Å². The first kappa shape index (κ1) is 36.3. The second kappa shape index (κ2) is 16.5. The third-order valence-electron chi connectivity index (χ3n) is 8.06. The highest BCUT2D eigenvalue weighted by Crippen LogP contribution is 2.32. The minimum absolute atomic E-state index is 0.0168. The molecule has 0 fully saturated rings. The molecule has 9 nitrogen and oxygen atoms in total. The van der Waals surface area contributed by atoms with Gasteiger partial charge in [-0.05, 0) is 67.8 Å². The van der Waals surface area contributed by atoms with E-state index in [-0.39, 0.29) is 41.2 Å². The van der Waals surface area contributed by atoms with E-state index in [4.69, 9.17) is 21.1 Å². The Labute approximate surface area is 288 Å². The van der Waals surface area contributed by atoms with Crippen LogP contribution in [0.5, 0.6) is 11.5 Å². The summed E-state index contributed by atoms with van der Waals surface area (Å²) in [7, 11) is -1.46. The van der Waals surface area contributed by atoms with Crippen LogP contribution in [0.2, 0.25) is 5.02 Å². The van der Waals surface area contributed by atoms with E-state index in [1.54, 1.807) is 42.5 Å². The zero-order valence-electron chi connectivity index (χ0n) is 27.9. The van der Waals surface area contributed by atoms with E-state index in [9.17, 15) is 18.0 Å². The summed E-state index contributed by atoms with van der Waals surface area (Å²) in [6, 6.07) is 26.5. The number of rotatable bonds is 15. The number of carbonyl (C=O) groups excluding carboxylic acids is 2. The van der Waals surface area contributed by atoms with E-state index in [0.717, 1.165) is 15.4 Å². The van der Waals surface area contributed by atoms with Crippen LogP contribution in [0.4, 0.5) is 5.69 Å². The van der Waals surface area contributed by atoms with E-state index < -0.39 is 28.5 Å². The van der Waals surface area contributed by atoms with Crippen molar-refractivity contribution in [3.63, 3.8) is 0 Å². The smallest absolute Gasteiger partial charge is 0.264 e. The Kier molecular flexibility index (Phi) is 12.5. The number of nitrogens with one attached hydrogen (secondary N) is 1. The highest BCUT2D eigenvalue weighted by Gasteiger charge is 2.35. The van der Waals surface area contributed by atoms with Gasteiger partial charge in [-0.1, -0.05) is 78.7 Å². The number of methoxy groups -OCH3 is 2. The van der Waals surface area contributed by atoms with Crippen LogP contribution in [0.15, 0.2) is 102 Å². The molecule has 0 bridgehead atoms. The molecular formula is C37H42ClN3O6S. The third-order valence-corrected chi connectivity index (χ3v) is 10.1. The molecule has 0 aliphatic rings. The lowest BCUT2D eigenvalue weighted by Crippen LogP contribution is -2.54. The zero-order valence-corrected chi connectivity index (χ0v) is 29.4. The van der Waals surface area contributed by atoms with Crippen molar-refractivity contribution in [2.45, 2.75) is 57.1 Å². The topological polar surface area (TPSA) is 105 Å². The molecule has 0 aliphatic heterocycles. The number of nitrogens with zero attached hydrogens (tertiary/aromatic N) is 2. The van der Waals surface area contributed by atoms with Gasteiger partial charge in [0.2, 0.25) is 11.8 Å². The molecule has 0 spiro atoms. The van der Waals surface area contributed by atoms with Gasteiger partial charge in [-0.2, -0.15) is 0 Å². The number of aryl methyl sites for hydroxylation is 1. The summed E-state index contributed by atoms with van der Waals surface area (Å²) in [4.78, 5) is 30.0. The predicted octanol–water partition coefficient (Wildman–Crippen LogP) is 6.42. The summed E-state index contributed by atoms with van der Waals surface area (Å²) < 4.78 is 40.5. The number of sulfonamides is 1. The first-order valence-corrected chi connectivity index (χ1v) is 17.5. The van der Waals surface area contributed by atoms with Crippen molar-refractivity contribution >= 4 is 39.1 Å². The number of benzene rings is 4. The zero-order chi connectivity index (χ0) is 34.8. The largest absolute Gasteiger partial charge is 0.493 e. The molecule has 2 atom stereocenters. The SMILES string of the molecule is CC[C@H](C)NC(=O)[C@H](Cc1ccccc1)N(Cc1cccc(Cl)c1)C(=O)CN(c1ccc(C)cc1)S(=O)(=O)c1ccc(OC)c(OC)c1. The number of anilines is 1. The first-order chi connectivity index (χ1) is 23.0. The molecule has 2 amide bonds. The van der Waals surface area contributed by atoms with Crippen molar-refractivity contribution in [3.05, 3.63) is 119 Å². The number of halogens is 1. The molecule has 0 heterocycles. The predicted molar refractivity (Wildman–Crippen MR) is 189 cm³/mol. The van der Waals surface area contributed by atoms with Gasteiger partial charge in [-0.3, -0.25) is 13.9 Å². The highest BCUT2D eigenvalue weighted by molar-refractivity contribution is 7.92. The fourth-order valence-corrected chi connectivity index (χ4v) is 6.81. The number of hydrogen-bond acceptors (Lipinski definition) is 6. The van der Waals surface area contributed by atoms with Gasteiger partial charge in [0.25, 0.3) is 10.0 Å². The maximum Gasteiger partial charge on any atom is 0.264 e. The van der Waals surface area contributed by atoms with E-state index in [0.29, 0.717) is 22.8 Å². The van der Waals surface area contributed by atoms with Crippen molar-refractivity contribution < 1.29 is 27.5 Å². The Morgan fingerprint density at radius 2 is 1.52 bits per heavy atom. The van der Waals surface area contributed by atoms with Crippen molar-refractivity contribution in [2.75, 3.05) is 25.1 Å². The molecule has 11 heteroatoms. The Hall–Kier alpha value is -4.54. The molecule has 4 rings (SSSR count). The lowest BCUT2D eigenvalue weighted by atomic mass is 10.0. The molecule has 0 unspecified atom stereocenters. The quantitative estimate of drug-likeness (QED) is 0.154. The molecule has 1 N–H and O–H groups in total. The van der Waals surface area contributed by atoms with Crippen LogP contribution in [0.3, 0.4) is 0 Å². The summed E-state index contributed by atoms with van der Waals surface area (Å²) in [5, 5.41) is 3.51. The molecule has 48 heavy (non-hydrogen) atoms. The molecule has 4 aromatic carbocycles. The van der Waals surface area contributed by atoms with Gasteiger partial charge in [-0.15, -0.1) is 0 Å². The normalized spacial score (nSPS) is 12.5. The number of hydrogen-bond donors (Lipinski definition) is 1. The standard InChI is InChI=1S/C37H42ClN3O6S/c1-6-27(3)39-37(43)33(22-28-11-8-7-9-12-28)40(24-29-13-10-14-30(38)21-29)36(42)25-41(31-17-15-26(2)16-18-31)48(44,45)32-19-20-34(46-4)35(23-32)47-5/h7-21,23,27,33H,6,22,24-25H2,1-5H3,(H,39,43)/t27-,33-/m0/s1. The average Bonchev–Trinajstić information content (AvgIpc) is 3.09. The fourth-order valence-electron chi connectivity index (χ4n) is 5.17. The Bertz CT molecular complexity index is 1800. The molecular weight excluding hydrogens is 650 g/mol. The Morgan fingerprint density at radius 3 is 2.15 bits per heavy atom. The summed E-state index contributed by atoms with van der Waals surface area (Å²) >= 11 is 6.33. The molecule has 254 valence electrons. The second-order valence-corrected chi connectivity index (χ2v) is 13.8. The van der Waals surface area contributed by atoms with Gasteiger partial charge >= 0.3 is 0 Å². The lowest BCUT2D eigenvalue weighted by Gasteiger charge is -2.34. The van der Waals surface area contributed by atoms with Gasteiger partial charge in [0.1, 0.15) is 12.6 Å². The van der Waals surface area contributed by atoms with Crippen LogP contribution < -0.4 is 19.1 Å². The van der Waals surface area contributed by atoms with Crippen LogP contribution in [-0.2, 0) is 32.6 Å². The lowest BCUT2D eigenvalue weighted by molar-refractivity contribution is -0.140. The first-order valence-electron chi connectivity index (χ1n) is 15.7. The minimum atomic E-state index is -4.33. The fraction of sp³-hybridized carbons (Fsp3) is 0.297. The minimum Gasteiger partial charge on any atom is -0.493 e. The van der Waals surface area contributed by atoms with Crippen molar-refractivity contribution in [2.24, 2.45) is 0 Å². The van der Waals surface area contributed by atoms with Gasteiger partial charge < -0.3 is 19.7 Å². The van der Waals surface area contributed by atoms with Crippen molar-refractivity contribution in [1.82, 2.24) is 10.2 Å². The maximum absolute atomic E-state index is 14.6. The van der Waals surface area contributed by atoms with Crippen LogP contribution in [0.1, 0.15) is 37.0 Å². The van der Waals surface area contributed by atoms with Crippen LogP contribution in [-0.4, -0.2) is 58.0 Å². The highest BCUT2D eigenvalue weighted by atomic mass is 35.5. The second-order valence-electron chi connectivity index (χ2n) is 11.5. The van der Waals surface area contributed by atoms with Crippen LogP contribution in [0.25, 0.3) is 0 Å². The molecule has 0 radical (unpaired) electrons. The van der Waals surface area contributed by atoms with E-state index >= 15 is 0 Å². The summed E-state index contributed by atoms with van der Waals surface area (Å²) in [5.41, 5.74) is 2.74. The van der Waals surface area contributed by atoms with Crippen LogP contribution >= 0.6 is 11.6 Å². The molecule has 0 aromatic heterocycles.